The third-order valence-electron chi connectivity index (χ3n) is 7.39. The quantitative estimate of drug-likeness (QED) is 0.704. The van der Waals surface area contributed by atoms with Crippen LogP contribution in [0.1, 0.15) is 58.3 Å². The van der Waals surface area contributed by atoms with Gasteiger partial charge in [0.05, 0.1) is 18.1 Å². The first-order valence-electron chi connectivity index (χ1n) is 11.0. The molecule has 0 aromatic heterocycles. The van der Waals surface area contributed by atoms with Crippen LogP contribution < -0.4 is 0 Å². The predicted octanol–water partition coefficient (Wildman–Crippen LogP) is 1.50. The molecular formula is C20H35N3O3S. The highest BCUT2D eigenvalue weighted by Crippen LogP contribution is 2.33. The van der Waals surface area contributed by atoms with Crippen LogP contribution in [0.4, 0.5) is 0 Å². The first-order valence-corrected chi connectivity index (χ1v) is 12.8. The van der Waals surface area contributed by atoms with Gasteiger partial charge in [-0.3, -0.25) is 9.69 Å². The lowest BCUT2D eigenvalue weighted by Crippen LogP contribution is -2.52. The van der Waals surface area contributed by atoms with Gasteiger partial charge in [0.15, 0.2) is 9.84 Å². The molecule has 0 radical (unpaired) electrons. The normalized spacial score (nSPS) is 34.8. The topological polar surface area (TPSA) is 60.9 Å². The van der Waals surface area contributed by atoms with E-state index in [2.05, 4.69) is 16.7 Å². The number of nitrogens with zero attached hydrogens (tertiary/aromatic N) is 3. The summed E-state index contributed by atoms with van der Waals surface area (Å²) in [6, 6.07) is 1.17. The summed E-state index contributed by atoms with van der Waals surface area (Å²) in [6.45, 7) is 5.99. The summed E-state index contributed by atoms with van der Waals surface area (Å²) in [5.41, 5.74) is 0. The molecule has 1 amide bonds. The Morgan fingerprint density at radius 3 is 2.41 bits per heavy atom. The van der Waals surface area contributed by atoms with E-state index in [0.29, 0.717) is 25.0 Å². The van der Waals surface area contributed by atoms with Crippen molar-refractivity contribution in [2.24, 2.45) is 0 Å². The fourth-order valence-electron chi connectivity index (χ4n) is 5.91. The van der Waals surface area contributed by atoms with Crippen LogP contribution in [-0.4, -0.2) is 90.9 Å². The van der Waals surface area contributed by atoms with E-state index in [1.54, 1.807) is 0 Å². The third-order valence-corrected chi connectivity index (χ3v) is 9.14. The van der Waals surface area contributed by atoms with Crippen LogP contribution in [0, 0.1) is 0 Å². The Kier molecular flexibility index (Phi) is 5.82. The molecule has 3 heterocycles. The average Bonchev–Trinajstić information content (AvgIpc) is 3.30. The number of sulfone groups is 1. The van der Waals surface area contributed by atoms with E-state index in [1.807, 2.05) is 4.90 Å². The highest BCUT2D eigenvalue weighted by atomic mass is 32.2. The van der Waals surface area contributed by atoms with E-state index in [4.69, 9.17) is 0 Å². The lowest BCUT2D eigenvalue weighted by molar-refractivity contribution is -0.137. The highest BCUT2D eigenvalue weighted by Gasteiger charge is 2.42. The first kappa shape index (κ1) is 19.6. The minimum atomic E-state index is -2.98. The fourth-order valence-corrected chi connectivity index (χ4v) is 7.62. The maximum atomic E-state index is 13.5. The van der Waals surface area contributed by atoms with Gasteiger partial charge < -0.3 is 9.80 Å². The first-order chi connectivity index (χ1) is 13.0. The summed E-state index contributed by atoms with van der Waals surface area (Å²) >= 11 is 0. The van der Waals surface area contributed by atoms with Crippen molar-refractivity contribution in [1.29, 1.82) is 0 Å². The number of hydrogen-bond donors (Lipinski definition) is 0. The fraction of sp³-hybridized carbons (Fsp3) is 0.950. The van der Waals surface area contributed by atoms with Gasteiger partial charge in [0.25, 0.3) is 0 Å². The molecule has 0 N–H and O–H groups in total. The van der Waals surface area contributed by atoms with Crippen LogP contribution in [-0.2, 0) is 14.6 Å². The van der Waals surface area contributed by atoms with Crippen LogP contribution in [0.5, 0.6) is 0 Å². The Morgan fingerprint density at radius 1 is 1.00 bits per heavy atom. The van der Waals surface area contributed by atoms with Gasteiger partial charge >= 0.3 is 0 Å². The summed E-state index contributed by atoms with van der Waals surface area (Å²) in [5.74, 6) is 0.603. The molecule has 0 aromatic carbocycles. The molecule has 27 heavy (non-hydrogen) atoms. The third kappa shape index (κ3) is 4.20. The summed E-state index contributed by atoms with van der Waals surface area (Å²) in [4.78, 5) is 20.5. The molecule has 4 fully saturated rings. The molecule has 6 nitrogen and oxygen atoms in total. The molecule has 3 aliphatic heterocycles. The van der Waals surface area contributed by atoms with E-state index in [1.165, 1.54) is 12.8 Å². The lowest BCUT2D eigenvalue weighted by atomic mass is 10.1. The summed E-state index contributed by atoms with van der Waals surface area (Å²) in [6.07, 6.45) is 8.58. The summed E-state index contributed by atoms with van der Waals surface area (Å²) in [7, 11) is -2.98. The van der Waals surface area contributed by atoms with Crippen molar-refractivity contribution >= 4 is 15.7 Å². The second kappa shape index (κ2) is 7.99. The molecule has 4 aliphatic rings. The molecule has 0 aromatic rings. The zero-order valence-electron chi connectivity index (χ0n) is 16.7. The van der Waals surface area contributed by atoms with Crippen molar-refractivity contribution in [3.63, 3.8) is 0 Å². The van der Waals surface area contributed by atoms with Crippen LogP contribution in [0.3, 0.4) is 0 Å². The van der Waals surface area contributed by atoms with Crippen LogP contribution in [0.2, 0.25) is 0 Å². The second-order valence-corrected chi connectivity index (χ2v) is 11.3. The van der Waals surface area contributed by atoms with Gasteiger partial charge in [-0.05, 0) is 51.6 Å². The van der Waals surface area contributed by atoms with Crippen LogP contribution in [0.25, 0.3) is 0 Å². The molecule has 1 saturated carbocycles. The predicted molar refractivity (Wildman–Crippen MR) is 106 cm³/mol. The van der Waals surface area contributed by atoms with Crippen molar-refractivity contribution in [1.82, 2.24) is 14.7 Å². The van der Waals surface area contributed by atoms with Gasteiger partial charge in [0.2, 0.25) is 5.91 Å². The monoisotopic (exact) mass is 397 g/mol. The van der Waals surface area contributed by atoms with E-state index in [0.717, 1.165) is 51.7 Å². The maximum absolute atomic E-state index is 13.5. The standard InChI is InChI=1S/C20H35N3O3S/c1-2-21-11-9-16-7-8-18(13-21)22(16)14-20(24)23(17-5-3-4-6-17)19-10-12-27(25,26)15-19/h16-19H,2-15H2,1H3/t16-,18+,19-/m1/s1. The SMILES string of the molecule is CCN1CC[C@H]2CC[C@@H](C1)N2CC(=O)N(C1CCCC1)[C@@H]1CCS(=O)(=O)C1. The average molecular weight is 398 g/mol. The second-order valence-electron chi connectivity index (χ2n) is 9.04. The van der Waals surface area contributed by atoms with Crippen LogP contribution >= 0.6 is 0 Å². The molecule has 3 saturated heterocycles. The number of amides is 1. The lowest BCUT2D eigenvalue weighted by Gasteiger charge is -2.37. The maximum Gasteiger partial charge on any atom is 0.237 e. The minimum absolute atomic E-state index is 0.0950. The number of fused-ring (bicyclic) bond motifs is 2. The molecular weight excluding hydrogens is 362 g/mol. The molecule has 0 unspecified atom stereocenters. The number of likely N-dealkylation sites (tertiary alicyclic amines) is 1. The Balaban J connectivity index is 1.48. The minimum Gasteiger partial charge on any atom is -0.335 e. The molecule has 1 aliphatic carbocycles. The number of carbonyl (C=O) groups is 1. The van der Waals surface area contributed by atoms with Crippen molar-refractivity contribution in [3.05, 3.63) is 0 Å². The van der Waals surface area contributed by atoms with Crippen LogP contribution in [0.15, 0.2) is 0 Å². The van der Waals surface area contributed by atoms with Gasteiger partial charge in [-0.15, -0.1) is 0 Å². The van der Waals surface area contributed by atoms with Crippen molar-refractivity contribution in [2.45, 2.75) is 82.5 Å². The smallest absolute Gasteiger partial charge is 0.237 e. The van der Waals surface area contributed by atoms with Gasteiger partial charge in [-0.2, -0.15) is 0 Å². The Morgan fingerprint density at radius 2 is 1.74 bits per heavy atom. The molecule has 2 bridgehead atoms. The zero-order chi connectivity index (χ0) is 19.0. The highest BCUT2D eigenvalue weighted by molar-refractivity contribution is 7.91. The Labute approximate surface area is 164 Å². The number of likely N-dealkylation sites (N-methyl/N-ethyl adjacent to an activating group) is 1. The van der Waals surface area contributed by atoms with E-state index < -0.39 is 9.84 Å². The van der Waals surface area contributed by atoms with Gasteiger partial charge in [0.1, 0.15) is 0 Å². The summed E-state index contributed by atoms with van der Waals surface area (Å²) < 4.78 is 24.1. The molecule has 0 spiro atoms. The van der Waals surface area contributed by atoms with Crippen molar-refractivity contribution < 1.29 is 13.2 Å². The van der Waals surface area contributed by atoms with Gasteiger partial charge in [-0.25, -0.2) is 8.42 Å². The van der Waals surface area contributed by atoms with E-state index >= 15 is 0 Å². The van der Waals surface area contributed by atoms with E-state index in [9.17, 15) is 13.2 Å². The number of rotatable bonds is 5. The molecule has 154 valence electrons. The zero-order valence-corrected chi connectivity index (χ0v) is 17.5. The Bertz CT molecular complexity index is 647. The molecule has 3 atom stereocenters. The number of carbonyl (C=O) groups excluding carboxylic acids is 1. The summed E-state index contributed by atoms with van der Waals surface area (Å²) in [5, 5.41) is 0. The number of hydrogen-bond acceptors (Lipinski definition) is 5. The Hall–Kier alpha value is -0.660. The van der Waals surface area contributed by atoms with Crippen molar-refractivity contribution in [2.75, 3.05) is 37.7 Å². The van der Waals surface area contributed by atoms with E-state index in [-0.39, 0.29) is 29.5 Å². The largest absolute Gasteiger partial charge is 0.335 e. The van der Waals surface area contributed by atoms with Gasteiger partial charge in [-0.1, -0.05) is 19.8 Å². The van der Waals surface area contributed by atoms with Crippen molar-refractivity contribution in [3.8, 4) is 0 Å². The molecule has 7 heteroatoms. The van der Waals surface area contributed by atoms with Gasteiger partial charge in [0, 0.05) is 30.7 Å². The molecule has 4 rings (SSSR count).